The highest BCUT2D eigenvalue weighted by Crippen LogP contribution is 2.33. The average molecular weight is 352 g/mol. The standard InChI is InChI=1S/C16H20N2O5S/c1-5-6-14(19)17-16-18(9-15(20)23-4)10-7-11(21-2)12(22-3)8-13(10)24-16/h7-8H,5-6,9H2,1-4H3. The number of esters is 1. The number of hydrogen-bond acceptors (Lipinski definition) is 6. The number of fused-ring (bicyclic) bond motifs is 1. The quantitative estimate of drug-likeness (QED) is 0.744. The predicted octanol–water partition coefficient (Wildman–Crippen LogP) is 2.12. The summed E-state index contributed by atoms with van der Waals surface area (Å²) in [6.45, 7) is 1.88. The van der Waals surface area contributed by atoms with Crippen molar-refractivity contribution in [2.45, 2.75) is 26.3 Å². The molecule has 0 aliphatic carbocycles. The molecular weight excluding hydrogens is 332 g/mol. The number of methoxy groups -OCH3 is 3. The van der Waals surface area contributed by atoms with E-state index in [1.165, 1.54) is 25.6 Å². The van der Waals surface area contributed by atoms with Crippen molar-refractivity contribution in [1.82, 2.24) is 4.57 Å². The molecule has 0 aliphatic heterocycles. The van der Waals surface area contributed by atoms with Gasteiger partial charge in [-0.2, -0.15) is 4.99 Å². The van der Waals surface area contributed by atoms with E-state index in [9.17, 15) is 9.59 Å². The van der Waals surface area contributed by atoms with Crippen LogP contribution in [0.3, 0.4) is 0 Å². The van der Waals surface area contributed by atoms with Gasteiger partial charge in [-0.05, 0) is 6.42 Å². The van der Waals surface area contributed by atoms with E-state index in [1.54, 1.807) is 23.8 Å². The van der Waals surface area contributed by atoms with Crippen LogP contribution >= 0.6 is 11.3 Å². The molecule has 24 heavy (non-hydrogen) atoms. The third-order valence-corrected chi connectivity index (χ3v) is 4.43. The summed E-state index contributed by atoms with van der Waals surface area (Å²) in [6.07, 6.45) is 1.07. The van der Waals surface area contributed by atoms with Crippen LogP contribution in [0, 0.1) is 0 Å². The molecule has 1 aromatic carbocycles. The van der Waals surface area contributed by atoms with E-state index in [4.69, 9.17) is 14.2 Å². The molecule has 7 nitrogen and oxygen atoms in total. The highest BCUT2D eigenvalue weighted by molar-refractivity contribution is 7.16. The first-order valence-corrected chi connectivity index (χ1v) is 8.25. The van der Waals surface area contributed by atoms with Crippen LogP contribution in [0.2, 0.25) is 0 Å². The Labute approximate surface area is 143 Å². The van der Waals surface area contributed by atoms with Crippen LogP contribution in [0.15, 0.2) is 17.1 Å². The molecule has 1 heterocycles. The Morgan fingerprint density at radius 3 is 2.42 bits per heavy atom. The molecule has 0 aliphatic rings. The lowest BCUT2D eigenvalue weighted by Gasteiger charge is -2.09. The van der Waals surface area contributed by atoms with Crippen LogP contribution in [0.1, 0.15) is 19.8 Å². The van der Waals surface area contributed by atoms with Gasteiger partial charge < -0.3 is 18.8 Å². The zero-order valence-electron chi connectivity index (χ0n) is 14.1. The molecule has 2 rings (SSSR count). The van der Waals surface area contributed by atoms with Crippen molar-refractivity contribution < 1.29 is 23.8 Å². The molecule has 130 valence electrons. The largest absolute Gasteiger partial charge is 0.493 e. The molecule has 0 radical (unpaired) electrons. The molecule has 0 saturated carbocycles. The minimum absolute atomic E-state index is 0.0375. The van der Waals surface area contributed by atoms with Gasteiger partial charge in [0.15, 0.2) is 16.3 Å². The molecule has 0 atom stereocenters. The fraction of sp³-hybridized carbons (Fsp3) is 0.438. The van der Waals surface area contributed by atoms with Gasteiger partial charge >= 0.3 is 5.97 Å². The molecule has 0 N–H and O–H groups in total. The minimum Gasteiger partial charge on any atom is -0.493 e. The fourth-order valence-corrected chi connectivity index (χ4v) is 3.26. The Kier molecular flexibility index (Phi) is 5.97. The summed E-state index contributed by atoms with van der Waals surface area (Å²) in [5, 5.41) is 0. The second-order valence-electron chi connectivity index (χ2n) is 4.98. The molecule has 0 saturated heterocycles. The molecule has 0 unspecified atom stereocenters. The first kappa shape index (κ1) is 18.0. The van der Waals surface area contributed by atoms with Gasteiger partial charge in [0, 0.05) is 18.6 Å². The van der Waals surface area contributed by atoms with Crippen LogP contribution in [-0.2, 0) is 20.9 Å². The summed E-state index contributed by atoms with van der Waals surface area (Å²) < 4.78 is 17.8. The molecule has 0 fully saturated rings. The van der Waals surface area contributed by atoms with Crippen LogP contribution < -0.4 is 14.3 Å². The monoisotopic (exact) mass is 352 g/mol. The molecule has 8 heteroatoms. The van der Waals surface area contributed by atoms with Crippen molar-refractivity contribution in [3.63, 3.8) is 0 Å². The van der Waals surface area contributed by atoms with Crippen LogP contribution in [0.5, 0.6) is 11.5 Å². The highest BCUT2D eigenvalue weighted by Gasteiger charge is 2.15. The van der Waals surface area contributed by atoms with E-state index in [2.05, 4.69) is 4.99 Å². The van der Waals surface area contributed by atoms with Crippen molar-refractivity contribution >= 4 is 33.4 Å². The van der Waals surface area contributed by atoms with Crippen LogP contribution in [-0.4, -0.2) is 37.8 Å². The maximum Gasteiger partial charge on any atom is 0.325 e. The van der Waals surface area contributed by atoms with E-state index in [0.717, 1.165) is 10.2 Å². The summed E-state index contributed by atoms with van der Waals surface area (Å²) in [4.78, 5) is 28.2. The molecule has 0 bridgehead atoms. The summed E-state index contributed by atoms with van der Waals surface area (Å²) in [5.74, 6) is 0.464. The number of nitrogens with zero attached hydrogens (tertiary/aromatic N) is 2. The molecule has 1 amide bonds. The Bertz CT molecular complexity index is 822. The zero-order valence-corrected chi connectivity index (χ0v) is 14.9. The number of aromatic nitrogens is 1. The minimum atomic E-state index is -0.422. The molecule has 2 aromatic rings. The number of thiazole rings is 1. The maximum atomic E-state index is 11.9. The number of ether oxygens (including phenoxy) is 3. The second-order valence-corrected chi connectivity index (χ2v) is 5.99. The fourth-order valence-electron chi connectivity index (χ4n) is 2.20. The van der Waals surface area contributed by atoms with Crippen LogP contribution in [0.25, 0.3) is 10.2 Å². The highest BCUT2D eigenvalue weighted by atomic mass is 32.1. The van der Waals surface area contributed by atoms with Gasteiger partial charge in [0.05, 0.1) is 31.5 Å². The topological polar surface area (TPSA) is 79.1 Å². The Balaban J connectivity index is 2.69. The maximum absolute atomic E-state index is 11.9. The lowest BCUT2D eigenvalue weighted by Crippen LogP contribution is -2.22. The normalized spacial score (nSPS) is 11.6. The third kappa shape index (κ3) is 3.76. The summed E-state index contributed by atoms with van der Waals surface area (Å²) >= 11 is 1.31. The number of amides is 1. The number of rotatable bonds is 6. The summed E-state index contributed by atoms with van der Waals surface area (Å²) in [5.41, 5.74) is 0.728. The zero-order chi connectivity index (χ0) is 17.7. The van der Waals surface area contributed by atoms with Crippen molar-refractivity contribution in [2.75, 3.05) is 21.3 Å². The number of carbonyl (C=O) groups excluding carboxylic acids is 2. The predicted molar refractivity (Wildman–Crippen MR) is 90.4 cm³/mol. The number of benzene rings is 1. The van der Waals surface area contributed by atoms with E-state index < -0.39 is 5.97 Å². The van der Waals surface area contributed by atoms with Crippen molar-refractivity contribution in [3.8, 4) is 11.5 Å². The molecular formula is C16H20N2O5S. The second kappa shape index (κ2) is 7.96. The average Bonchev–Trinajstić information content (AvgIpc) is 2.89. The lowest BCUT2D eigenvalue weighted by molar-refractivity contribution is -0.141. The first-order valence-electron chi connectivity index (χ1n) is 7.43. The van der Waals surface area contributed by atoms with Crippen molar-refractivity contribution in [3.05, 3.63) is 16.9 Å². The van der Waals surface area contributed by atoms with E-state index in [0.29, 0.717) is 29.1 Å². The Hall–Kier alpha value is -2.35. The third-order valence-electron chi connectivity index (χ3n) is 3.39. The Morgan fingerprint density at radius 2 is 1.83 bits per heavy atom. The van der Waals surface area contributed by atoms with E-state index in [-0.39, 0.29) is 12.5 Å². The first-order chi connectivity index (χ1) is 11.5. The smallest absolute Gasteiger partial charge is 0.325 e. The van der Waals surface area contributed by atoms with E-state index in [1.807, 2.05) is 6.92 Å². The van der Waals surface area contributed by atoms with Gasteiger partial charge in [0.2, 0.25) is 5.91 Å². The van der Waals surface area contributed by atoms with Gasteiger partial charge in [-0.1, -0.05) is 18.3 Å². The molecule has 1 aromatic heterocycles. The number of hydrogen-bond donors (Lipinski definition) is 0. The summed E-state index contributed by atoms with van der Waals surface area (Å²) in [6, 6.07) is 3.56. The SMILES string of the molecule is CCCC(=O)N=c1sc2cc(OC)c(OC)cc2n1CC(=O)OC. The van der Waals surface area contributed by atoms with Gasteiger partial charge in [-0.25, -0.2) is 0 Å². The van der Waals surface area contributed by atoms with Crippen LogP contribution in [0.4, 0.5) is 0 Å². The van der Waals surface area contributed by atoms with Gasteiger partial charge in [-0.15, -0.1) is 0 Å². The van der Waals surface area contributed by atoms with Gasteiger partial charge in [0.1, 0.15) is 6.54 Å². The summed E-state index contributed by atoms with van der Waals surface area (Å²) in [7, 11) is 4.41. The molecule has 0 spiro atoms. The Morgan fingerprint density at radius 1 is 1.17 bits per heavy atom. The van der Waals surface area contributed by atoms with Crippen molar-refractivity contribution in [1.29, 1.82) is 0 Å². The van der Waals surface area contributed by atoms with Gasteiger partial charge in [0.25, 0.3) is 0 Å². The lowest BCUT2D eigenvalue weighted by atomic mass is 10.3. The van der Waals surface area contributed by atoms with Gasteiger partial charge in [-0.3, -0.25) is 9.59 Å². The van der Waals surface area contributed by atoms with E-state index >= 15 is 0 Å². The number of carbonyl (C=O) groups is 2. The van der Waals surface area contributed by atoms with Crippen molar-refractivity contribution in [2.24, 2.45) is 4.99 Å².